The van der Waals surface area contributed by atoms with Crippen molar-refractivity contribution in [2.24, 2.45) is 5.10 Å². The fourth-order valence-corrected chi connectivity index (χ4v) is 4.12. The summed E-state index contributed by atoms with van der Waals surface area (Å²) in [7, 11) is 7.22. The molecule has 0 saturated heterocycles. The van der Waals surface area contributed by atoms with E-state index in [1.807, 2.05) is 26.2 Å². The van der Waals surface area contributed by atoms with Crippen LogP contribution in [0.1, 0.15) is 11.1 Å². The van der Waals surface area contributed by atoms with E-state index in [9.17, 15) is 0 Å². The zero-order valence-corrected chi connectivity index (χ0v) is 19.8. The van der Waals surface area contributed by atoms with E-state index >= 15 is 0 Å². The van der Waals surface area contributed by atoms with Gasteiger partial charge in [-0.3, -0.25) is 0 Å². The van der Waals surface area contributed by atoms with Gasteiger partial charge in [0.2, 0.25) is 10.9 Å². The van der Waals surface area contributed by atoms with Crippen molar-refractivity contribution >= 4 is 17.5 Å². The van der Waals surface area contributed by atoms with E-state index in [-0.39, 0.29) is 0 Å². The predicted molar refractivity (Wildman–Crippen MR) is 126 cm³/mol. The van der Waals surface area contributed by atoms with E-state index in [2.05, 4.69) is 46.3 Å². The highest BCUT2D eigenvalue weighted by atomic mass is 32.2. The van der Waals surface area contributed by atoms with Crippen LogP contribution in [0.4, 0.5) is 0 Å². The summed E-state index contributed by atoms with van der Waals surface area (Å²) in [5.74, 6) is 3.07. The molecular weight excluding hydrogens is 426 g/mol. The minimum Gasteiger partial charge on any atom is -0.493 e. The van der Waals surface area contributed by atoms with Crippen molar-refractivity contribution in [3.05, 3.63) is 47.5 Å². The molecular formula is C23H27N5O3S. The molecule has 4 rings (SSSR count). The van der Waals surface area contributed by atoms with Gasteiger partial charge in [0.1, 0.15) is 6.61 Å². The number of methoxy groups -OCH3 is 2. The lowest BCUT2D eigenvalue weighted by Gasteiger charge is -2.18. The van der Waals surface area contributed by atoms with Gasteiger partial charge in [0.05, 0.1) is 19.9 Å². The Kier molecular flexibility index (Phi) is 6.66. The highest BCUT2D eigenvalue weighted by Crippen LogP contribution is 2.42. The molecule has 0 N–H and O–H groups in total. The number of fused-ring (bicyclic) bond motifs is 1. The number of hydrogen-bond donors (Lipinski definition) is 0. The summed E-state index contributed by atoms with van der Waals surface area (Å²) in [6.07, 6.45) is 0. The van der Waals surface area contributed by atoms with Gasteiger partial charge in [-0.2, -0.15) is 9.78 Å². The van der Waals surface area contributed by atoms with E-state index in [1.165, 1.54) is 5.56 Å². The van der Waals surface area contributed by atoms with Gasteiger partial charge in [-0.05, 0) is 38.7 Å². The molecule has 8 nitrogen and oxygen atoms in total. The zero-order valence-electron chi connectivity index (χ0n) is 19.0. The second kappa shape index (κ2) is 9.62. The molecule has 0 atom stereocenters. The normalized spacial score (nSPS) is 13.0. The quantitative estimate of drug-likeness (QED) is 0.516. The van der Waals surface area contributed by atoms with Gasteiger partial charge in [0, 0.05) is 17.9 Å². The molecule has 0 spiro atoms. The molecule has 0 fully saturated rings. The van der Waals surface area contributed by atoms with Crippen LogP contribution in [0, 0.1) is 6.92 Å². The standard InChI is InChI=1S/C23H27N5O3S/c1-15-6-8-16(9-7-15)18-14-32-23-25-24-22(28(23)26-18)17-12-19(29-4)21(20(13-17)30-5)31-11-10-27(2)3/h6-9,12-13H,10-11,14H2,1-5H3. The molecule has 1 aromatic heterocycles. The Morgan fingerprint density at radius 3 is 2.31 bits per heavy atom. The van der Waals surface area contributed by atoms with Crippen molar-refractivity contribution in [2.45, 2.75) is 12.1 Å². The maximum absolute atomic E-state index is 5.96. The molecule has 0 amide bonds. The lowest BCUT2D eigenvalue weighted by atomic mass is 10.1. The van der Waals surface area contributed by atoms with E-state index in [0.29, 0.717) is 29.7 Å². The molecule has 0 aliphatic carbocycles. The maximum Gasteiger partial charge on any atom is 0.212 e. The third-order valence-corrected chi connectivity index (χ3v) is 5.99. The highest BCUT2D eigenvalue weighted by Gasteiger charge is 2.23. The van der Waals surface area contributed by atoms with Crippen LogP contribution in [0.3, 0.4) is 0 Å². The van der Waals surface area contributed by atoms with Gasteiger partial charge in [0.25, 0.3) is 0 Å². The fourth-order valence-electron chi connectivity index (χ4n) is 3.28. The van der Waals surface area contributed by atoms with Gasteiger partial charge in [-0.1, -0.05) is 41.6 Å². The summed E-state index contributed by atoms with van der Waals surface area (Å²) < 4.78 is 19.0. The van der Waals surface area contributed by atoms with Crippen LogP contribution in [-0.2, 0) is 0 Å². The Labute approximate surface area is 192 Å². The predicted octanol–water partition coefficient (Wildman–Crippen LogP) is 3.57. The van der Waals surface area contributed by atoms with Crippen molar-refractivity contribution in [3.63, 3.8) is 0 Å². The Morgan fingerprint density at radius 2 is 1.69 bits per heavy atom. The topological polar surface area (TPSA) is 74.0 Å². The first-order valence-electron chi connectivity index (χ1n) is 10.3. The molecule has 3 aromatic rings. The first-order chi connectivity index (χ1) is 15.5. The SMILES string of the molecule is COc1cc(-c2nnc3n2N=C(c2ccc(C)cc2)CS3)cc(OC)c1OCCN(C)C. The number of thioether (sulfide) groups is 1. The average molecular weight is 454 g/mol. The first kappa shape index (κ1) is 22.2. The van der Waals surface area contributed by atoms with Crippen LogP contribution < -0.4 is 14.2 Å². The number of hydrogen-bond acceptors (Lipinski definition) is 8. The summed E-state index contributed by atoms with van der Waals surface area (Å²) in [5, 5.41) is 14.3. The largest absolute Gasteiger partial charge is 0.493 e. The molecule has 32 heavy (non-hydrogen) atoms. The zero-order chi connectivity index (χ0) is 22.7. The summed E-state index contributed by atoms with van der Waals surface area (Å²) >= 11 is 1.61. The number of benzene rings is 2. The third kappa shape index (κ3) is 4.58. The molecule has 168 valence electrons. The van der Waals surface area contributed by atoms with Crippen molar-refractivity contribution in [1.29, 1.82) is 0 Å². The summed E-state index contributed by atoms with van der Waals surface area (Å²) in [5.41, 5.74) is 4.07. The second-order valence-electron chi connectivity index (χ2n) is 7.68. The minimum absolute atomic E-state index is 0.514. The summed E-state index contributed by atoms with van der Waals surface area (Å²) in [6, 6.07) is 12.1. The molecule has 1 aliphatic rings. The minimum atomic E-state index is 0.514. The van der Waals surface area contributed by atoms with E-state index in [4.69, 9.17) is 19.3 Å². The van der Waals surface area contributed by atoms with Gasteiger partial charge in [-0.25, -0.2) is 0 Å². The van der Waals surface area contributed by atoms with Crippen LogP contribution in [0.15, 0.2) is 46.7 Å². The molecule has 9 heteroatoms. The monoisotopic (exact) mass is 453 g/mol. The number of nitrogens with zero attached hydrogens (tertiary/aromatic N) is 5. The summed E-state index contributed by atoms with van der Waals surface area (Å²) in [6.45, 7) is 3.37. The molecule has 2 aromatic carbocycles. The Bertz CT molecular complexity index is 1100. The second-order valence-corrected chi connectivity index (χ2v) is 8.62. The van der Waals surface area contributed by atoms with E-state index in [0.717, 1.165) is 34.3 Å². The van der Waals surface area contributed by atoms with Crippen LogP contribution in [-0.4, -0.2) is 72.7 Å². The Hall–Kier alpha value is -3.04. The summed E-state index contributed by atoms with van der Waals surface area (Å²) in [4.78, 5) is 2.05. The molecule has 0 radical (unpaired) electrons. The van der Waals surface area contributed by atoms with E-state index in [1.54, 1.807) is 30.7 Å². The first-order valence-corrected chi connectivity index (χ1v) is 11.3. The number of rotatable bonds is 8. The van der Waals surface area contributed by atoms with Crippen LogP contribution in [0.25, 0.3) is 11.4 Å². The fraction of sp³-hybridized carbons (Fsp3) is 0.348. The molecule has 0 bridgehead atoms. The smallest absolute Gasteiger partial charge is 0.212 e. The van der Waals surface area contributed by atoms with Crippen LogP contribution in [0.2, 0.25) is 0 Å². The van der Waals surface area contributed by atoms with Crippen LogP contribution in [0.5, 0.6) is 17.2 Å². The van der Waals surface area contributed by atoms with Crippen LogP contribution >= 0.6 is 11.8 Å². The Balaban J connectivity index is 1.71. The average Bonchev–Trinajstić information content (AvgIpc) is 3.22. The van der Waals surface area contributed by atoms with Gasteiger partial charge < -0.3 is 19.1 Å². The van der Waals surface area contributed by atoms with Crippen molar-refractivity contribution in [3.8, 4) is 28.6 Å². The molecule has 0 unspecified atom stereocenters. The number of aryl methyl sites for hydroxylation is 1. The third-order valence-electron chi connectivity index (χ3n) is 5.06. The van der Waals surface area contributed by atoms with Crippen molar-refractivity contribution in [1.82, 2.24) is 19.8 Å². The maximum atomic E-state index is 5.96. The van der Waals surface area contributed by atoms with Crippen molar-refractivity contribution < 1.29 is 14.2 Å². The highest BCUT2D eigenvalue weighted by molar-refractivity contribution is 7.99. The van der Waals surface area contributed by atoms with E-state index < -0.39 is 0 Å². The lowest BCUT2D eigenvalue weighted by Crippen LogP contribution is -2.19. The number of likely N-dealkylation sites (N-methyl/N-ethyl adjacent to an activating group) is 1. The molecule has 1 aliphatic heterocycles. The van der Waals surface area contributed by atoms with Gasteiger partial charge in [-0.15, -0.1) is 10.2 Å². The Morgan fingerprint density at radius 1 is 1.00 bits per heavy atom. The van der Waals surface area contributed by atoms with Gasteiger partial charge in [0.15, 0.2) is 17.3 Å². The molecule has 0 saturated carbocycles. The number of ether oxygens (including phenoxy) is 3. The molecule has 2 heterocycles. The number of aromatic nitrogens is 3. The van der Waals surface area contributed by atoms with Crippen molar-refractivity contribution in [2.75, 3.05) is 47.2 Å². The lowest BCUT2D eigenvalue weighted by molar-refractivity contribution is 0.240. The van der Waals surface area contributed by atoms with Gasteiger partial charge >= 0.3 is 0 Å².